The van der Waals surface area contributed by atoms with E-state index in [4.69, 9.17) is 20.9 Å². The van der Waals surface area contributed by atoms with Gasteiger partial charge in [0.05, 0.1) is 12.2 Å². The molecule has 3 atom stereocenters. The third kappa shape index (κ3) is 13.6. The zero-order valence-electron chi connectivity index (χ0n) is 29.4. The molecular formula is C39H58N4O6. The lowest BCUT2D eigenvalue weighted by molar-refractivity contribution is -0.148. The number of aliphatic hydroxyl groups is 1. The lowest BCUT2D eigenvalue weighted by Gasteiger charge is -2.23. The average Bonchev–Trinajstić information content (AvgIpc) is 3.70. The Morgan fingerprint density at radius 2 is 1.73 bits per heavy atom. The predicted molar refractivity (Wildman–Crippen MR) is 192 cm³/mol. The van der Waals surface area contributed by atoms with Crippen molar-refractivity contribution in [2.24, 2.45) is 22.4 Å². The van der Waals surface area contributed by atoms with Gasteiger partial charge in [0.15, 0.2) is 17.5 Å². The summed E-state index contributed by atoms with van der Waals surface area (Å²) in [5, 5.41) is 22.1. The average molecular weight is 679 g/mol. The number of hydrogen-bond acceptors (Lipinski definition) is 7. The number of phenols is 1. The molecule has 49 heavy (non-hydrogen) atoms. The Labute approximate surface area is 292 Å². The van der Waals surface area contributed by atoms with Gasteiger partial charge in [-0.05, 0) is 87.3 Å². The van der Waals surface area contributed by atoms with Crippen LogP contribution >= 0.6 is 0 Å². The number of nitrogens with zero attached hydrogens (tertiary/aromatic N) is 2. The second-order valence-electron chi connectivity index (χ2n) is 14.0. The van der Waals surface area contributed by atoms with E-state index in [-0.39, 0.29) is 42.2 Å². The van der Waals surface area contributed by atoms with Gasteiger partial charge < -0.3 is 36.1 Å². The first-order valence-electron chi connectivity index (χ1n) is 18.4. The number of aliphatic hydroxyl groups excluding tert-OH is 1. The number of aryl methyl sites for hydroxylation is 2. The van der Waals surface area contributed by atoms with Crippen LogP contribution in [0.3, 0.4) is 0 Å². The van der Waals surface area contributed by atoms with E-state index in [1.807, 2.05) is 18.2 Å². The van der Waals surface area contributed by atoms with Crippen LogP contribution in [0.15, 0.2) is 47.5 Å². The molecule has 2 aromatic carbocycles. The lowest BCUT2D eigenvalue weighted by atomic mass is 9.97. The molecular weight excluding hydrogens is 620 g/mol. The van der Waals surface area contributed by atoms with Gasteiger partial charge in [0.2, 0.25) is 5.91 Å². The Morgan fingerprint density at radius 3 is 2.47 bits per heavy atom. The normalized spacial score (nSPS) is 17.6. The summed E-state index contributed by atoms with van der Waals surface area (Å²) in [5.41, 5.74) is 13.9. The summed E-state index contributed by atoms with van der Waals surface area (Å²) >= 11 is 0. The topological polar surface area (TPSA) is 161 Å². The van der Waals surface area contributed by atoms with Crippen molar-refractivity contribution >= 4 is 17.8 Å². The summed E-state index contributed by atoms with van der Waals surface area (Å²) in [6, 6.07) is 14.4. The van der Waals surface area contributed by atoms with E-state index in [1.165, 1.54) is 25.3 Å². The number of rotatable bonds is 21. The van der Waals surface area contributed by atoms with E-state index >= 15 is 0 Å². The lowest BCUT2D eigenvalue weighted by Crippen LogP contribution is -2.25. The minimum absolute atomic E-state index is 0.0360. The summed E-state index contributed by atoms with van der Waals surface area (Å²) in [5.74, 6) is 0.361. The third-order valence-corrected chi connectivity index (χ3v) is 9.77. The molecule has 6 N–H and O–H groups in total. The second-order valence-corrected chi connectivity index (χ2v) is 14.0. The molecule has 0 bridgehead atoms. The van der Waals surface area contributed by atoms with E-state index in [0.29, 0.717) is 62.9 Å². The molecule has 0 radical (unpaired) electrons. The fourth-order valence-corrected chi connectivity index (χ4v) is 7.14. The standard InChI is InChI=1S/C39H58N4O6/c1-28(44)48-35(25-33(45)15-9-4-2-3-6-12-29-13-7-5-8-14-29)19-18-30-22-32(38(47)36(23-30)49-34-16-10-11-17-34)27-43-26-31(24-37(43)46)20-21-42-39(40)41/h5,7-8,13-14,22-23,31,33-35,45,47H,2-4,6,9-12,15-21,24-27H2,1H3,(H4,40,41,42). The number of amides is 1. The van der Waals surface area contributed by atoms with Gasteiger partial charge in [0.25, 0.3) is 0 Å². The Hall–Kier alpha value is -3.79. The molecule has 2 fully saturated rings. The first kappa shape index (κ1) is 38.0. The van der Waals surface area contributed by atoms with E-state index in [1.54, 1.807) is 4.90 Å². The number of aliphatic imine (C=N–C) groups is 1. The van der Waals surface area contributed by atoms with Crippen molar-refractivity contribution < 1.29 is 29.3 Å². The van der Waals surface area contributed by atoms with E-state index in [0.717, 1.165) is 56.9 Å². The Bertz CT molecular complexity index is 1340. The number of phenolic OH excluding ortho intramolecular Hbond substituents is 1. The van der Waals surface area contributed by atoms with Gasteiger partial charge in [-0.15, -0.1) is 0 Å². The number of unbranched alkanes of at least 4 members (excludes halogenated alkanes) is 4. The third-order valence-electron chi connectivity index (χ3n) is 9.77. The maximum atomic E-state index is 12.9. The van der Waals surface area contributed by atoms with Gasteiger partial charge in [-0.1, -0.05) is 62.1 Å². The van der Waals surface area contributed by atoms with Gasteiger partial charge in [0, 0.05) is 45.0 Å². The predicted octanol–water partition coefficient (Wildman–Crippen LogP) is 5.92. The molecule has 2 aliphatic rings. The van der Waals surface area contributed by atoms with E-state index in [2.05, 4.69) is 29.3 Å². The van der Waals surface area contributed by atoms with Crippen LogP contribution < -0.4 is 16.2 Å². The molecule has 0 spiro atoms. The Kier molecular flexibility index (Phi) is 15.5. The van der Waals surface area contributed by atoms with E-state index in [9.17, 15) is 19.8 Å². The molecule has 4 rings (SSSR count). The molecule has 1 saturated carbocycles. The monoisotopic (exact) mass is 678 g/mol. The fraction of sp³-hybridized carbons (Fsp3) is 0.615. The van der Waals surface area contributed by atoms with Crippen molar-refractivity contribution in [1.82, 2.24) is 4.90 Å². The van der Waals surface area contributed by atoms with Crippen molar-refractivity contribution in [1.29, 1.82) is 0 Å². The van der Waals surface area contributed by atoms with Crippen LogP contribution in [0.2, 0.25) is 0 Å². The van der Waals surface area contributed by atoms with Crippen LogP contribution in [0.25, 0.3) is 0 Å². The van der Waals surface area contributed by atoms with Crippen LogP contribution in [-0.4, -0.2) is 64.4 Å². The molecule has 10 heteroatoms. The highest BCUT2D eigenvalue weighted by Gasteiger charge is 2.30. The number of esters is 1. The molecule has 1 amide bonds. The SMILES string of the molecule is CC(=O)OC(CCc1cc(CN2CC(CCN=C(N)N)CC2=O)c(O)c(OC2CCCC2)c1)CC(O)CCCCCCCc1ccccc1. The molecule has 1 heterocycles. The fourth-order valence-electron chi connectivity index (χ4n) is 7.14. The number of ether oxygens (including phenoxy) is 2. The smallest absolute Gasteiger partial charge is 0.302 e. The summed E-state index contributed by atoms with van der Waals surface area (Å²) < 4.78 is 12.0. The summed E-state index contributed by atoms with van der Waals surface area (Å²) in [6.45, 7) is 2.72. The van der Waals surface area contributed by atoms with Crippen LogP contribution in [-0.2, 0) is 33.7 Å². The maximum Gasteiger partial charge on any atom is 0.302 e. The van der Waals surface area contributed by atoms with Crippen molar-refractivity contribution in [3.63, 3.8) is 0 Å². The number of aromatic hydroxyl groups is 1. The zero-order valence-corrected chi connectivity index (χ0v) is 29.4. The van der Waals surface area contributed by atoms with Crippen molar-refractivity contribution in [3.05, 3.63) is 59.2 Å². The van der Waals surface area contributed by atoms with Crippen LogP contribution in [0.1, 0.15) is 114 Å². The summed E-state index contributed by atoms with van der Waals surface area (Å²) in [4.78, 5) is 30.7. The highest BCUT2D eigenvalue weighted by Crippen LogP contribution is 2.37. The van der Waals surface area contributed by atoms with Crippen LogP contribution in [0.4, 0.5) is 0 Å². The minimum atomic E-state index is -0.550. The molecule has 10 nitrogen and oxygen atoms in total. The van der Waals surface area contributed by atoms with Gasteiger partial charge in [-0.2, -0.15) is 0 Å². The zero-order chi connectivity index (χ0) is 35.0. The molecule has 270 valence electrons. The molecule has 0 aromatic heterocycles. The first-order valence-corrected chi connectivity index (χ1v) is 18.4. The number of guanidine groups is 1. The van der Waals surface area contributed by atoms with Gasteiger partial charge in [-0.3, -0.25) is 14.6 Å². The molecule has 1 aliphatic heterocycles. The molecule has 1 aliphatic carbocycles. The molecule has 2 aromatic rings. The van der Waals surface area contributed by atoms with Gasteiger partial charge >= 0.3 is 5.97 Å². The van der Waals surface area contributed by atoms with E-state index < -0.39 is 12.2 Å². The summed E-state index contributed by atoms with van der Waals surface area (Å²) in [7, 11) is 0. The largest absolute Gasteiger partial charge is 0.504 e. The number of benzene rings is 2. The highest BCUT2D eigenvalue weighted by molar-refractivity contribution is 5.79. The van der Waals surface area contributed by atoms with Crippen LogP contribution in [0.5, 0.6) is 11.5 Å². The quantitative estimate of drug-likeness (QED) is 0.0548. The highest BCUT2D eigenvalue weighted by atomic mass is 16.5. The molecule has 1 saturated heterocycles. The van der Waals surface area contributed by atoms with Crippen molar-refractivity contribution in [2.75, 3.05) is 13.1 Å². The number of carbonyl (C=O) groups excluding carboxylic acids is 2. The maximum absolute atomic E-state index is 12.9. The second kappa shape index (κ2) is 20.0. The Balaban J connectivity index is 1.31. The van der Waals surface area contributed by atoms with Crippen molar-refractivity contribution in [2.45, 2.75) is 135 Å². The summed E-state index contributed by atoms with van der Waals surface area (Å²) in [6.07, 6.45) is 13.0. The minimum Gasteiger partial charge on any atom is -0.504 e. The van der Waals surface area contributed by atoms with Crippen LogP contribution in [0, 0.1) is 5.92 Å². The number of hydrogen-bond donors (Lipinski definition) is 4. The Morgan fingerprint density at radius 1 is 1.00 bits per heavy atom. The first-order chi connectivity index (χ1) is 23.7. The number of likely N-dealkylation sites (tertiary alicyclic amines) is 1. The van der Waals surface area contributed by atoms with Crippen molar-refractivity contribution in [3.8, 4) is 11.5 Å². The number of carbonyl (C=O) groups is 2. The number of nitrogens with two attached hydrogens (primary N) is 2. The molecule has 3 unspecified atom stereocenters. The van der Waals surface area contributed by atoms with Gasteiger partial charge in [-0.25, -0.2) is 0 Å². The van der Waals surface area contributed by atoms with Gasteiger partial charge in [0.1, 0.15) is 6.10 Å².